The highest BCUT2D eigenvalue weighted by molar-refractivity contribution is 6.15. The van der Waals surface area contributed by atoms with Crippen molar-refractivity contribution in [1.82, 2.24) is 0 Å². The number of rotatable bonds is 4. The van der Waals surface area contributed by atoms with Gasteiger partial charge in [-0.25, -0.2) is 4.79 Å². The highest BCUT2D eigenvalue weighted by Gasteiger charge is 2.14. The fourth-order valence-corrected chi connectivity index (χ4v) is 1.09. The Morgan fingerprint density at radius 2 is 2.19 bits per heavy atom. The molecular weight excluding hydrogens is 210 g/mol. The number of carbonyl (C=O) groups is 1. The molecule has 0 fully saturated rings. The van der Waals surface area contributed by atoms with E-state index in [1.807, 2.05) is 0 Å². The quantitative estimate of drug-likeness (QED) is 0.453. The monoisotopic (exact) mass is 219 g/mol. The number of aromatic hydroxyl groups is 1. The van der Waals surface area contributed by atoms with E-state index in [9.17, 15) is 9.90 Å². The lowest BCUT2D eigenvalue weighted by molar-refractivity contribution is -0.130. The maximum absolute atomic E-state index is 10.9. The summed E-state index contributed by atoms with van der Waals surface area (Å²) < 4.78 is 4.70. The van der Waals surface area contributed by atoms with Crippen LogP contribution in [0.4, 0.5) is 0 Å². The van der Waals surface area contributed by atoms with Gasteiger partial charge in [0.2, 0.25) is 0 Å². The first-order chi connectivity index (χ1) is 7.66. The molecule has 0 bridgehead atoms. The molecule has 82 valence electrons. The third kappa shape index (κ3) is 2.75. The average molecular weight is 219 g/mol. The molecule has 0 spiro atoms. The Bertz CT molecular complexity index is 459. The van der Waals surface area contributed by atoms with Crippen LogP contribution in [0, 0.1) is 11.3 Å². The third-order valence-corrected chi connectivity index (χ3v) is 1.77. The normalized spacial score (nSPS) is 10.6. The van der Waals surface area contributed by atoms with Crippen LogP contribution in [-0.2, 0) is 9.53 Å². The zero-order chi connectivity index (χ0) is 12.0. The molecule has 5 nitrogen and oxygen atoms in total. The van der Waals surface area contributed by atoms with E-state index in [1.165, 1.54) is 12.1 Å². The number of phenolic OH excluding ortho intramolecular Hbond substituents is 1. The summed E-state index contributed by atoms with van der Waals surface area (Å²) >= 11 is 0. The zero-order valence-electron chi connectivity index (χ0n) is 8.25. The fourth-order valence-electron chi connectivity index (χ4n) is 1.09. The SMILES string of the molecule is N#CCOC=C(C(=O)O)c1ccccc1O. The number of benzene rings is 1. The maximum Gasteiger partial charge on any atom is 0.339 e. The molecule has 0 aliphatic heterocycles. The van der Waals surface area contributed by atoms with Crippen LogP contribution < -0.4 is 0 Å². The standard InChI is InChI=1S/C11H9NO4/c12-5-6-16-7-9(11(14)15)8-3-1-2-4-10(8)13/h1-4,7,13H,6H2,(H,14,15). The van der Waals surface area contributed by atoms with Gasteiger partial charge in [-0.1, -0.05) is 18.2 Å². The lowest BCUT2D eigenvalue weighted by Crippen LogP contribution is -2.01. The summed E-state index contributed by atoms with van der Waals surface area (Å²) in [7, 11) is 0. The summed E-state index contributed by atoms with van der Waals surface area (Å²) in [5.74, 6) is -1.39. The van der Waals surface area contributed by atoms with Crippen LogP contribution in [0.2, 0.25) is 0 Å². The number of para-hydroxylation sites is 1. The summed E-state index contributed by atoms with van der Waals surface area (Å²) in [5.41, 5.74) is -0.0544. The Balaban J connectivity index is 3.05. The second-order valence-electron chi connectivity index (χ2n) is 2.82. The predicted octanol–water partition coefficient (Wildman–Crippen LogP) is 1.36. The van der Waals surface area contributed by atoms with Crippen molar-refractivity contribution in [2.45, 2.75) is 0 Å². The van der Waals surface area contributed by atoms with Crippen LogP contribution in [0.1, 0.15) is 5.56 Å². The molecule has 5 heteroatoms. The number of hydrogen-bond donors (Lipinski definition) is 2. The number of phenols is 1. The van der Waals surface area contributed by atoms with E-state index in [-0.39, 0.29) is 23.5 Å². The van der Waals surface area contributed by atoms with Gasteiger partial charge in [-0.05, 0) is 6.07 Å². The van der Waals surface area contributed by atoms with Crippen molar-refractivity contribution in [3.63, 3.8) is 0 Å². The molecule has 16 heavy (non-hydrogen) atoms. The van der Waals surface area contributed by atoms with Gasteiger partial charge in [0.1, 0.15) is 17.4 Å². The highest BCUT2D eigenvalue weighted by atomic mass is 16.5. The molecular formula is C11H9NO4. The average Bonchev–Trinajstić information content (AvgIpc) is 2.25. The van der Waals surface area contributed by atoms with E-state index < -0.39 is 5.97 Å². The van der Waals surface area contributed by atoms with E-state index in [0.717, 1.165) is 6.26 Å². The summed E-state index contributed by atoms with van der Waals surface area (Å²) in [4.78, 5) is 10.9. The number of ether oxygens (including phenoxy) is 1. The summed E-state index contributed by atoms with van der Waals surface area (Å²) in [5, 5.41) is 26.6. The first-order valence-corrected chi connectivity index (χ1v) is 4.37. The van der Waals surface area contributed by atoms with Gasteiger partial charge in [0.05, 0.1) is 6.26 Å². The molecule has 0 atom stereocenters. The summed E-state index contributed by atoms with van der Waals surface area (Å²) in [6, 6.07) is 7.70. The van der Waals surface area contributed by atoms with Gasteiger partial charge < -0.3 is 14.9 Å². The van der Waals surface area contributed by atoms with E-state index in [0.29, 0.717) is 0 Å². The molecule has 1 aromatic rings. The van der Waals surface area contributed by atoms with E-state index in [2.05, 4.69) is 0 Å². The topological polar surface area (TPSA) is 90.5 Å². The van der Waals surface area contributed by atoms with Crippen LogP contribution >= 0.6 is 0 Å². The van der Waals surface area contributed by atoms with Gasteiger partial charge in [0.25, 0.3) is 0 Å². The predicted molar refractivity (Wildman–Crippen MR) is 55.3 cm³/mol. The zero-order valence-corrected chi connectivity index (χ0v) is 8.25. The Kier molecular flexibility index (Phi) is 3.92. The van der Waals surface area contributed by atoms with Gasteiger partial charge in [-0.15, -0.1) is 0 Å². The number of carboxylic acids is 1. The molecule has 0 aliphatic rings. The Morgan fingerprint density at radius 3 is 2.75 bits per heavy atom. The largest absolute Gasteiger partial charge is 0.507 e. The van der Waals surface area contributed by atoms with Gasteiger partial charge in [0, 0.05) is 5.56 Å². The molecule has 0 heterocycles. The Hall–Kier alpha value is -2.48. The van der Waals surface area contributed by atoms with Gasteiger partial charge in [0.15, 0.2) is 6.61 Å². The highest BCUT2D eigenvalue weighted by Crippen LogP contribution is 2.24. The molecule has 0 aliphatic carbocycles. The number of hydrogen-bond acceptors (Lipinski definition) is 4. The minimum atomic E-state index is -1.24. The molecule has 0 aromatic heterocycles. The van der Waals surface area contributed by atoms with Crippen molar-refractivity contribution >= 4 is 11.5 Å². The van der Waals surface area contributed by atoms with Crippen LogP contribution in [0.3, 0.4) is 0 Å². The number of nitriles is 1. The molecule has 2 N–H and O–H groups in total. The number of carboxylic acid groups (broad SMARTS) is 1. The molecule has 0 saturated carbocycles. The van der Waals surface area contributed by atoms with Crippen molar-refractivity contribution in [2.75, 3.05) is 6.61 Å². The minimum Gasteiger partial charge on any atom is -0.507 e. The van der Waals surface area contributed by atoms with Gasteiger partial charge in [-0.3, -0.25) is 0 Å². The van der Waals surface area contributed by atoms with Crippen molar-refractivity contribution < 1.29 is 19.7 Å². The Morgan fingerprint density at radius 1 is 1.50 bits per heavy atom. The lowest BCUT2D eigenvalue weighted by atomic mass is 10.1. The van der Waals surface area contributed by atoms with Crippen molar-refractivity contribution in [3.05, 3.63) is 36.1 Å². The van der Waals surface area contributed by atoms with Gasteiger partial charge >= 0.3 is 5.97 Å². The van der Waals surface area contributed by atoms with Crippen LogP contribution in [0.5, 0.6) is 5.75 Å². The molecule has 1 rings (SSSR count). The van der Waals surface area contributed by atoms with E-state index in [4.69, 9.17) is 15.1 Å². The minimum absolute atomic E-state index is 0.146. The first kappa shape index (κ1) is 11.6. The second kappa shape index (κ2) is 5.41. The van der Waals surface area contributed by atoms with Gasteiger partial charge in [-0.2, -0.15) is 5.26 Å². The first-order valence-electron chi connectivity index (χ1n) is 4.37. The van der Waals surface area contributed by atoms with Crippen molar-refractivity contribution in [1.29, 1.82) is 5.26 Å². The lowest BCUT2D eigenvalue weighted by Gasteiger charge is -2.04. The molecule has 0 radical (unpaired) electrons. The van der Waals surface area contributed by atoms with Crippen LogP contribution in [-0.4, -0.2) is 22.8 Å². The van der Waals surface area contributed by atoms with E-state index in [1.54, 1.807) is 18.2 Å². The third-order valence-electron chi connectivity index (χ3n) is 1.77. The molecule has 0 unspecified atom stereocenters. The fraction of sp³-hybridized carbons (Fsp3) is 0.0909. The van der Waals surface area contributed by atoms with Crippen LogP contribution in [0.25, 0.3) is 5.57 Å². The van der Waals surface area contributed by atoms with Crippen molar-refractivity contribution in [2.24, 2.45) is 0 Å². The smallest absolute Gasteiger partial charge is 0.339 e. The molecule has 0 amide bonds. The maximum atomic E-state index is 10.9. The summed E-state index contributed by atoms with van der Waals surface area (Å²) in [6.07, 6.45) is 0.945. The Labute approximate surface area is 91.8 Å². The second-order valence-corrected chi connectivity index (χ2v) is 2.82. The van der Waals surface area contributed by atoms with Crippen LogP contribution in [0.15, 0.2) is 30.5 Å². The molecule has 0 saturated heterocycles. The molecule has 1 aromatic carbocycles. The number of nitrogens with zero attached hydrogens (tertiary/aromatic N) is 1. The number of aliphatic carboxylic acids is 1. The van der Waals surface area contributed by atoms with Crippen molar-refractivity contribution in [3.8, 4) is 11.8 Å². The summed E-state index contributed by atoms with van der Waals surface area (Å²) in [6.45, 7) is -0.246. The van der Waals surface area contributed by atoms with E-state index >= 15 is 0 Å².